The summed E-state index contributed by atoms with van der Waals surface area (Å²) in [6.45, 7) is 8.48. The van der Waals surface area contributed by atoms with E-state index >= 15 is 0 Å². The van der Waals surface area contributed by atoms with E-state index in [1.165, 1.54) is 11.1 Å². The molecule has 12 rings (SSSR count). The van der Waals surface area contributed by atoms with Crippen molar-refractivity contribution in [1.29, 1.82) is 0 Å². The molecule has 6 heteroatoms. The zero-order valence-electron chi connectivity index (χ0n) is 44.6. The average molecular weight is 1010 g/mol. The first-order chi connectivity index (χ1) is 34.5. The summed E-state index contributed by atoms with van der Waals surface area (Å²) in [6, 6.07) is 37.2. The summed E-state index contributed by atoms with van der Waals surface area (Å²) in [4.78, 5) is 9.03. The van der Waals surface area contributed by atoms with Crippen molar-refractivity contribution in [2.75, 3.05) is 9.80 Å². The monoisotopic (exact) mass is 1010 g/mol. The van der Waals surface area contributed by atoms with Crippen LogP contribution in [0, 0.1) is 18.8 Å². The van der Waals surface area contributed by atoms with Gasteiger partial charge in [-0.2, -0.15) is 24.9 Å². The Hall–Kier alpha value is -6.42. The van der Waals surface area contributed by atoms with Crippen molar-refractivity contribution in [2.24, 2.45) is 0 Å². The molecule has 3 heterocycles. The van der Waals surface area contributed by atoms with E-state index in [1.807, 2.05) is 78.4 Å². The van der Waals surface area contributed by atoms with E-state index in [-0.39, 0.29) is 72.7 Å². The maximum absolute atomic E-state index is 9.18. The standard InChI is InChI=1S/C57H45N4O.Pt/c1-57(2,3)39-30-31-58-53(32-39)61-51-27-13-12-24-47(51)48-29-28-42(34-52(48)61)62-41-21-14-20-40(33-41)59-36-60(56-50-35-49(55(56)59)45-22-10-11-23-46(45)50)54-43(37-16-6-4-7-17-37)25-15-26-44(54)38-18-8-5-9-19-38;/h4-32,36,49-50,55-56H,35H2,1-3H3;/q-3;/t49-,50+,55?,56?;/m1./s1/i4D,5D,6D,7D,8D,9D,16D,17D,18D,19D;. The van der Waals surface area contributed by atoms with Crippen molar-refractivity contribution in [3.63, 3.8) is 0 Å². The summed E-state index contributed by atoms with van der Waals surface area (Å²) in [5.41, 5.74) is 6.68. The van der Waals surface area contributed by atoms with Crippen molar-refractivity contribution < 1.29 is 39.5 Å². The maximum Gasteiger partial charge on any atom is 0.135 e. The summed E-state index contributed by atoms with van der Waals surface area (Å²) >= 11 is 0. The molecule has 2 fully saturated rings. The maximum atomic E-state index is 9.18. The van der Waals surface area contributed by atoms with E-state index in [2.05, 4.69) is 72.7 Å². The number of para-hydroxylation sites is 2. The Kier molecular flexibility index (Phi) is 7.30. The predicted molar refractivity (Wildman–Crippen MR) is 252 cm³/mol. The van der Waals surface area contributed by atoms with Crippen LogP contribution < -0.4 is 14.5 Å². The largest absolute Gasteiger partial charge is 0.519 e. The molecule has 312 valence electrons. The number of pyridine rings is 1. The van der Waals surface area contributed by atoms with Gasteiger partial charge in [-0.3, -0.25) is 0 Å². The molecule has 63 heavy (non-hydrogen) atoms. The second kappa shape index (κ2) is 15.4. The van der Waals surface area contributed by atoms with Gasteiger partial charge in [-0.1, -0.05) is 147 Å². The topological polar surface area (TPSA) is 33.5 Å². The second-order valence-corrected chi connectivity index (χ2v) is 17.3. The van der Waals surface area contributed by atoms with Gasteiger partial charge >= 0.3 is 0 Å². The summed E-state index contributed by atoms with van der Waals surface area (Å²) in [6.07, 6.45) is 2.64. The van der Waals surface area contributed by atoms with Crippen LogP contribution in [0.1, 0.15) is 69.4 Å². The molecule has 2 aliphatic carbocycles. The van der Waals surface area contributed by atoms with Gasteiger partial charge in [0.05, 0.1) is 13.7 Å². The average Bonchev–Trinajstić information content (AvgIpc) is 4.15. The van der Waals surface area contributed by atoms with Crippen LogP contribution in [0.4, 0.5) is 11.4 Å². The Morgan fingerprint density at radius 2 is 1.30 bits per heavy atom. The SMILES string of the molecule is [2H]c1c([2H])c([2H])c(-c2cccc(-c3c([2H])c([2H])c([2H])c([2H])c3[2H])c2N2[CH-]N(c3[c-]c(Oc4[c-]c5c(cc4)c4ccccc4n5-c4cc(C(C)(C)C)ccn4)ccc3)C3C2[C@H]2C[C@@H]3c3ccccc32)c([2H])c1[2H].[Pt]. The third kappa shape index (κ3) is 6.51. The van der Waals surface area contributed by atoms with Crippen LogP contribution in [0.5, 0.6) is 11.5 Å². The Labute approximate surface area is 397 Å². The minimum Gasteiger partial charge on any atom is -0.519 e. The zero-order valence-corrected chi connectivity index (χ0v) is 36.8. The third-order valence-electron chi connectivity index (χ3n) is 12.8. The number of ether oxygens (including phenoxy) is 1. The molecule has 7 aromatic carbocycles. The first-order valence-corrected chi connectivity index (χ1v) is 20.9. The van der Waals surface area contributed by atoms with Crippen LogP contribution >= 0.6 is 0 Å². The number of rotatable bonds is 7. The number of benzene rings is 7. The van der Waals surface area contributed by atoms with Gasteiger partial charge in [0.15, 0.2) is 0 Å². The number of fused-ring (bicyclic) bond motifs is 11. The number of hydrogen-bond donors (Lipinski definition) is 0. The van der Waals surface area contributed by atoms with Crippen LogP contribution in [-0.2, 0) is 26.5 Å². The van der Waals surface area contributed by atoms with Gasteiger partial charge in [0.1, 0.15) is 5.82 Å². The van der Waals surface area contributed by atoms with E-state index in [1.54, 1.807) is 18.2 Å². The van der Waals surface area contributed by atoms with Crippen LogP contribution in [0.2, 0.25) is 0 Å². The van der Waals surface area contributed by atoms with Crippen molar-refractivity contribution in [2.45, 2.75) is 56.5 Å². The molecule has 1 aliphatic heterocycles. The number of hydrogen-bond acceptors (Lipinski definition) is 4. The smallest absolute Gasteiger partial charge is 0.135 e. The molecule has 2 bridgehead atoms. The number of nitrogens with zero attached hydrogens (tertiary/aromatic N) is 4. The van der Waals surface area contributed by atoms with E-state index in [0.717, 1.165) is 39.6 Å². The molecule has 4 atom stereocenters. The molecule has 0 radical (unpaired) electrons. The van der Waals surface area contributed by atoms with Crippen LogP contribution in [0.15, 0.2) is 176 Å². The van der Waals surface area contributed by atoms with Gasteiger partial charge in [0.2, 0.25) is 0 Å². The van der Waals surface area contributed by atoms with E-state index in [0.29, 0.717) is 22.9 Å². The fourth-order valence-electron chi connectivity index (χ4n) is 10.2. The predicted octanol–water partition coefficient (Wildman–Crippen LogP) is 13.7. The van der Waals surface area contributed by atoms with E-state index < -0.39 is 60.4 Å². The summed E-state index contributed by atoms with van der Waals surface area (Å²) in [5.74, 6) is 1.68. The summed E-state index contributed by atoms with van der Waals surface area (Å²) in [7, 11) is 0. The van der Waals surface area contributed by atoms with Crippen molar-refractivity contribution in [3.8, 4) is 39.6 Å². The fourth-order valence-corrected chi connectivity index (χ4v) is 10.2. The van der Waals surface area contributed by atoms with Crippen molar-refractivity contribution in [3.05, 3.63) is 211 Å². The van der Waals surface area contributed by atoms with Gasteiger partial charge in [0, 0.05) is 85.0 Å². The summed E-state index contributed by atoms with van der Waals surface area (Å²) < 4.78 is 97.1. The molecule has 1 saturated heterocycles. The zero-order chi connectivity index (χ0) is 50.2. The van der Waals surface area contributed by atoms with Crippen LogP contribution in [-0.4, -0.2) is 21.6 Å². The molecule has 2 aromatic heterocycles. The molecule has 0 amide bonds. The quantitative estimate of drug-likeness (QED) is 0.149. The molecular weight excluding hydrogens is 952 g/mol. The molecule has 5 nitrogen and oxygen atoms in total. The minimum atomic E-state index is -0.541. The third-order valence-corrected chi connectivity index (χ3v) is 12.8. The Bertz CT molecular complexity index is 3620. The molecule has 0 N–H and O–H groups in total. The molecule has 0 spiro atoms. The Balaban J connectivity index is 0.00000574. The fraction of sp³-hybridized carbons (Fsp3) is 0.158. The summed E-state index contributed by atoms with van der Waals surface area (Å²) in [5, 5.41) is 2.06. The first-order valence-electron chi connectivity index (χ1n) is 25.9. The minimum absolute atomic E-state index is 0. The Morgan fingerprint density at radius 3 is 2.00 bits per heavy atom. The number of aromatic nitrogens is 2. The molecule has 3 aliphatic rings. The van der Waals surface area contributed by atoms with Crippen LogP contribution in [0.3, 0.4) is 0 Å². The van der Waals surface area contributed by atoms with Gasteiger partial charge in [-0.05, 0) is 63.2 Å². The van der Waals surface area contributed by atoms with Gasteiger partial charge < -0.3 is 19.1 Å². The van der Waals surface area contributed by atoms with E-state index in [4.69, 9.17) is 17.9 Å². The van der Waals surface area contributed by atoms with Crippen LogP contribution in [0.25, 0.3) is 49.9 Å². The normalized spacial score (nSPS) is 20.9. The molecule has 2 unspecified atom stereocenters. The van der Waals surface area contributed by atoms with Gasteiger partial charge in [-0.25, -0.2) is 4.98 Å². The molecule has 9 aromatic rings. The molecule has 1 saturated carbocycles. The van der Waals surface area contributed by atoms with Gasteiger partial charge in [0.25, 0.3) is 0 Å². The molecular formula is C57H45N4OPt-3. The van der Waals surface area contributed by atoms with Gasteiger partial charge in [-0.15, -0.1) is 35.3 Å². The van der Waals surface area contributed by atoms with Crippen molar-refractivity contribution in [1.82, 2.24) is 9.55 Å². The second-order valence-electron chi connectivity index (χ2n) is 17.3. The Morgan fingerprint density at radius 1 is 0.667 bits per heavy atom. The van der Waals surface area contributed by atoms with Crippen molar-refractivity contribution >= 4 is 33.2 Å². The number of anilines is 2. The van der Waals surface area contributed by atoms with E-state index in [9.17, 15) is 5.48 Å². The first kappa shape index (κ1) is 29.8.